The fourth-order valence-electron chi connectivity index (χ4n) is 11.8. The van der Waals surface area contributed by atoms with E-state index in [0.29, 0.717) is 83.7 Å². The zero-order valence-corrected chi connectivity index (χ0v) is 51.6. The number of hydrogen-bond donors (Lipinski definition) is 4. The molecule has 5 fully saturated rings. The first-order valence-corrected chi connectivity index (χ1v) is 33.9. The first-order valence-electron chi connectivity index (χ1n) is 31.0. The minimum absolute atomic E-state index is 0.0722. The summed E-state index contributed by atoms with van der Waals surface area (Å²) in [5, 5.41) is 14.9. The molecule has 82 heavy (non-hydrogen) atoms. The van der Waals surface area contributed by atoms with Crippen molar-refractivity contribution in [3.05, 3.63) is 53.1 Å². The Morgan fingerprint density at radius 3 is 1.60 bits per heavy atom. The molecule has 3 aliphatic carbocycles. The average molecular weight is 1190 g/mol. The van der Waals surface area contributed by atoms with Gasteiger partial charge in [0.1, 0.15) is 39.8 Å². The molecule has 20 heteroatoms. The largest absolute Gasteiger partial charge is 0.393 e. The monoisotopic (exact) mass is 1180 g/mol. The minimum Gasteiger partial charge on any atom is -0.393 e. The number of rotatable bonds is 24. The number of thioether (sulfide) groups is 3. The molecule has 0 radical (unpaired) electrons. The molecule has 2 atom stereocenters. The second-order valence-electron chi connectivity index (χ2n) is 23.4. The van der Waals surface area contributed by atoms with E-state index in [0.717, 1.165) is 124 Å². The fraction of sp³-hybridized carbons (Fsp3) is 0.661. The van der Waals surface area contributed by atoms with Gasteiger partial charge in [0.2, 0.25) is 0 Å². The topological polar surface area (TPSA) is 211 Å². The zero-order chi connectivity index (χ0) is 57.9. The number of hydrogen-bond acceptors (Lipinski definition) is 16. The Kier molecular flexibility index (Phi) is 24.1. The van der Waals surface area contributed by atoms with Crippen molar-refractivity contribution in [3.63, 3.8) is 0 Å². The summed E-state index contributed by atoms with van der Waals surface area (Å²) in [4.78, 5) is 107. The number of aromatic nitrogens is 3. The maximum Gasteiger partial charge on any atom is 0.373 e. The molecule has 3 saturated carbocycles. The molecule has 2 unspecified atom stereocenters. The number of pyridine rings is 3. The van der Waals surface area contributed by atoms with Gasteiger partial charge in [-0.3, -0.25) is 28.8 Å². The van der Waals surface area contributed by atoms with Crippen LogP contribution >= 0.6 is 35.3 Å². The summed E-state index contributed by atoms with van der Waals surface area (Å²) in [6, 6.07) is 11.4. The van der Waals surface area contributed by atoms with E-state index < -0.39 is 23.3 Å². The van der Waals surface area contributed by atoms with Gasteiger partial charge in [-0.15, -0.1) is 35.3 Å². The molecule has 3 amide bonds. The highest BCUT2D eigenvalue weighted by Crippen LogP contribution is 2.40. The maximum absolute atomic E-state index is 15.0. The van der Waals surface area contributed by atoms with Crippen molar-refractivity contribution in [1.29, 1.82) is 0 Å². The Morgan fingerprint density at radius 2 is 1.07 bits per heavy atom. The predicted molar refractivity (Wildman–Crippen MR) is 327 cm³/mol. The molecule has 0 bridgehead atoms. The van der Waals surface area contributed by atoms with E-state index in [1.165, 1.54) is 42.8 Å². The van der Waals surface area contributed by atoms with Crippen molar-refractivity contribution in [1.82, 2.24) is 35.5 Å². The summed E-state index contributed by atoms with van der Waals surface area (Å²) < 4.78 is 5.26. The fourth-order valence-corrected chi connectivity index (χ4v) is 14.5. The number of hydroxylamine groups is 2. The highest BCUT2D eigenvalue weighted by Gasteiger charge is 2.48. The molecule has 17 nitrogen and oxygen atoms in total. The summed E-state index contributed by atoms with van der Waals surface area (Å²) in [6.07, 6.45) is 20.9. The lowest BCUT2D eigenvalue weighted by Crippen LogP contribution is -2.55. The molecule has 4 N–H and O–H groups in total. The first kappa shape index (κ1) is 63.1. The first-order chi connectivity index (χ1) is 39.8. The average Bonchev–Trinajstić information content (AvgIpc) is 3.92. The van der Waals surface area contributed by atoms with Gasteiger partial charge in [0.25, 0.3) is 23.5 Å². The number of quaternary nitrogens is 1. The Hall–Kier alpha value is -4.92. The van der Waals surface area contributed by atoms with Crippen LogP contribution in [0.5, 0.6) is 0 Å². The van der Waals surface area contributed by atoms with E-state index >= 15 is 0 Å². The Labute approximate surface area is 499 Å². The number of anilines is 2. The van der Waals surface area contributed by atoms with Crippen molar-refractivity contribution >= 4 is 88.4 Å². The van der Waals surface area contributed by atoms with Crippen molar-refractivity contribution in [2.75, 3.05) is 60.2 Å². The SMILES string of the molecule is CCCSc1nc(NCCC(=O)OC(=O)C2CCC[N+](OC(=O)C3(C)CCN(c4ccc(C(=O)NC5CCCCC5)c(SCCC)n4)CC3)(c3ccc(C(=O)NC4CCCCC4)c(SCCC)n3)CC2)ccc1C(=O)NC1CCCCC1. The van der Waals surface area contributed by atoms with Crippen LogP contribution < -0.4 is 30.8 Å². The van der Waals surface area contributed by atoms with E-state index in [9.17, 15) is 28.8 Å². The summed E-state index contributed by atoms with van der Waals surface area (Å²) in [5.41, 5.74) is 0.763. The highest BCUT2D eigenvalue weighted by molar-refractivity contribution is 7.99. The Morgan fingerprint density at radius 1 is 0.585 bits per heavy atom. The smallest absolute Gasteiger partial charge is 0.373 e. The molecule has 0 aromatic carbocycles. The van der Waals surface area contributed by atoms with Crippen LogP contribution in [0.3, 0.4) is 0 Å². The van der Waals surface area contributed by atoms with Crippen molar-refractivity contribution in [2.45, 2.75) is 215 Å². The molecule has 2 saturated heterocycles. The van der Waals surface area contributed by atoms with Gasteiger partial charge in [-0.25, -0.2) is 14.8 Å². The number of carbonyl (C=O) groups is 6. The number of ether oxygens (including phenoxy) is 1. The molecule has 0 spiro atoms. The third-order valence-corrected chi connectivity index (χ3v) is 20.5. The highest BCUT2D eigenvalue weighted by atomic mass is 32.2. The lowest BCUT2D eigenvalue weighted by molar-refractivity contribution is -0.199. The normalized spacial score (nSPS) is 20.9. The number of amides is 3. The quantitative estimate of drug-likeness (QED) is 0.0284. The molecule has 5 heterocycles. The molecule has 3 aromatic heterocycles. The third kappa shape index (κ3) is 17.4. The third-order valence-electron chi connectivity index (χ3n) is 16.9. The standard InChI is InChI=1S/C62H89N9O8S3/c1-5-40-80-57-47(54(73)64-44-19-11-8-12-20-44)25-28-50(67-57)63-35-31-53(72)78-60(76)43-18-17-38-71(39-32-43,52-30-27-49(59(69-52)82-42-7-3)56(75)66-46-23-15-10-16-24-46)79-61(77)62(4)33-36-70(37-34-62)51-29-26-48(58(68-51)81-41-6-2)55(74)65-45-21-13-9-14-22-45/h25-30,43-46H,5-24,31-42H2,1-4H3,(H3-,63,64,65,66,67,73,74,75)/p+1. The summed E-state index contributed by atoms with van der Waals surface area (Å²) >= 11 is 4.64. The minimum atomic E-state index is -0.872. The van der Waals surface area contributed by atoms with Crippen LogP contribution in [0.4, 0.5) is 17.5 Å². The van der Waals surface area contributed by atoms with Gasteiger partial charge in [0.15, 0.2) is 0 Å². The zero-order valence-electron chi connectivity index (χ0n) is 49.1. The summed E-state index contributed by atoms with van der Waals surface area (Å²) in [6.45, 7) is 10.0. The molecule has 448 valence electrons. The molecule has 8 rings (SSSR count). The van der Waals surface area contributed by atoms with E-state index in [-0.39, 0.29) is 72.4 Å². The molecule has 2 aliphatic heterocycles. The van der Waals surface area contributed by atoms with Gasteiger partial charge in [-0.2, -0.15) is 4.98 Å². The van der Waals surface area contributed by atoms with Crippen LogP contribution in [0.25, 0.3) is 0 Å². The number of piperidine rings is 1. The number of nitrogens with zero attached hydrogens (tertiary/aromatic N) is 5. The van der Waals surface area contributed by atoms with Gasteiger partial charge < -0.3 is 30.9 Å². The lowest BCUT2D eigenvalue weighted by atomic mass is 9.80. The Bertz CT molecular complexity index is 2660. The van der Waals surface area contributed by atoms with Crippen LogP contribution in [0.1, 0.15) is 213 Å². The van der Waals surface area contributed by atoms with Crippen molar-refractivity contribution < 1.29 is 38.3 Å². The van der Waals surface area contributed by atoms with Crippen LogP contribution in [0.2, 0.25) is 0 Å². The van der Waals surface area contributed by atoms with Crippen LogP contribution in [0, 0.1) is 11.3 Å². The Balaban J connectivity index is 0.947. The predicted octanol–water partition coefficient (Wildman–Crippen LogP) is 12.0. The van der Waals surface area contributed by atoms with Gasteiger partial charge >= 0.3 is 17.9 Å². The summed E-state index contributed by atoms with van der Waals surface area (Å²) in [7, 11) is 0. The van der Waals surface area contributed by atoms with Gasteiger partial charge in [0.05, 0.1) is 34.4 Å². The number of nitrogens with one attached hydrogen (secondary N) is 4. The van der Waals surface area contributed by atoms with E-state index in [1.54, 1.807) is 30.0 Å². The maximum atomic E-state index is 15.0. The van der Waals surface area contributed by atoms with Crippen LogP contribution in [0.15, 0.2) is 51.5 Å². The van der Waals surface area contributed by atoms with E-state index in [2.05, 4.69) is 46.9 Å². The van der Waals surface area contributed by atoms with Crippen molar-refractivity contribution in [3.8, 4) is 0 Å². The number of carbonyl (C=O) groups excluding carboxylic acids is 6. The second kappa shape index (κ2) is 31.3. The van der Waals surface area contributed by atoms with E-state index in [4.69, 9.17) is 24.5 Å². The van der Waals surface area contributed by atoms with Crippen LogP contribution in [-0.4, -0.2) is 119 Å². The van der Waals surface area contributed by atoms with Gasteiger partial charge in [-0.05, 0) is 132 Å². The molecular formula is C62H90N9O8S3+. The molecule has 5 aliphatic rings. The molecular weight excluding hydrogens is 1090 g/mol. The second-order valence-corrected chi connectivity index (χ2v) is 26.7. The van der Waals surface area contributed by atoms with Gasteiger partial charge in [-0.1, -0.05) is 83.2 Å². The number of esters is 2. The summed E-state index contributed by atoms with van der Waals surface area (Å²) in [5.74, 6) is 1.50. The lowest BCUT2D eigenvalue weighted by Gasteiger charge is -2.40. The molecule has 3 aromatic rings. The van der Waals surface area contributed by atoms with Crippen molar-refractivity contribution in [2.24, 2.45) is 11.3 Å². The van der Waals surface area contributed by atoms with Gasteiger partial charge in [0, 0.05) is 56.7 Å². The van der Waals surface area contributed by atoms with Crippen LogP contribution in [-0.2, 0) is 24.0 Å². The van der Waals surface area contributed by atoms with E-state index in [1.807, 2.05) is 25.1 Å².